The van der Waals surface area contributed by atoms with E-state index in [9.17, 15) is 5.11 Å². The van der Waals surface area contributed by atoms with Crippen molar-refractivity contribution in [2.24, 2.45) is 0 Å². The van der Waals surface area contributed by atoms with Gasteiger partial charge in [0.05, 0.1) is 41.7 Å². The van der Waals surface area contributed by atoms with Gasteiger partial charge in [0.25, 0.3) is 0 Å². The average molecular weight is 328 g/mol. The lowest BCUT2D eigenvalue weighted by Crippen LogP contribution is -2.36. The van der Waals surface area contributed by atoms with Crippen LogP contribution in [0.4, 0.5) is 5.82 Å². The minimum atomic E-state index is -0.822. The first-order valence-corrected chi connectivity index (χ1v) is 8.22. The summed E-state index contributed by atoms with van der Waals surface area (Å²) < 4.78 is 7.60. The first kappa shape index (κ1) is 16.5. The molecule has 0 amide bonds. The minimum Gasteiger partial charge on any atom is -0.500 e. The van der Waals surface area contributed by atoms with Crippen LogP contribution in [-0.4, -0.2) is 32.4 Å². The molecule has 6 nitrogen and oxygen atoms in total. The number of nitrogens with two attached hydrogens (primary N) is 1. The maximum atomic E-state index is 10.5. The van der Waals surface area contributed by atoms with Gasteiger partial charge in [0.15, 0.2) is 5.82 Å². The molecule has 1 aliphatic rings. The number of hydrogen-bond donors (Lipinski definition) is 2. The molecule has 1 aliphatic carbocycles. The molecule has 0 saturated heterocycles. The Balaban J connectivity index is 2.41. The van der Waals surface area contributed by atoms with Crippen LogP contribution >= 0.6 is 0 Å². The van der Waals surface area contributed by atoms with E-state index in [2.05, 4.69) is 22.1 Å². The van der Waals surface area contributed by atoms with E-state index >= 15 is 0 Å². The molecule has 0 spiro atoms. The first-order valence-electron chi connectivity index (χ1n) is 8.22. The van der Waals surface area contributed by atoms with Gasteiger partial charge in [-0.3, -0.25) is 0 Å². The Morgan fingerprint density at radius 2 is 2.21 bits per heavy atom. The molecule has 0 bridgehead atoms. The Morgan fingerprint density at radius 1 is 1.42 bits per heavy atom. The van der Waals surface area contributed by atoms with Gasteiger partial charge < -0.3 is 20.1 Å². The van der Waals surface area contributed by atoms with Crippen LogP contribution in [-0.2, 0) is 11.3 Å². The average Bonchev–Trinajstić information content (AvgIpc) is 2.93. The molecular weight excluding hydrogens is 304 g/mol. The molecule has 0 aliphatic heterocycles. The summed E-state index contributed by atoms with van der Waals surface area (Å²) in [5, 5.41) is 12.2. The molecule has 0 aromatic carbocycles. The zero-order valence-electron chi connectivity index (χ0n) is 14.4. The van der Waals surface area contributed by atoms with Crippen LogP contribution in [0.1, 0.15) is 33.1 Å². The summed E-state index contributed by atoms with van der Waals surface area (Å²) in [4.78, 5) is 8.95. The fourth-order valence-corrected chi connectivity index (χ4v) is 2.97. The van der Waals surface area contributed by atoms with Crippen molar-refractivity contribution in [1.82, 2.24) is 14.5 Å². The zero-order valence-corrected chi connectivity index (χ0v) is 14.4. The second kappa shape index (κ2) is 6.28. The minimum absolute atomic E-state index is 0.398. The molecule has 2 aromatic heterocycles. The Labute approximate surface area is 141 Å². The van der Waals surface area contributed by atoms with Gasteiger partial charge in [-0.25, -0.2) is 9.97 Å². The predicted octanol–water partition coefficient (Wildman–Crippen LogP) is 1.06. The number of allylic oxidation sites excluding steroid dienone is 1. The van der Waals surface area contributed by atoms with E-state index in [0.717, 1.165) is 28.3 Å². The van der Waals surface area contributed by atoms with Crippen LogP contribution in [0.2, 0.25) is 0 Å². The summed E-state index contributed by atoms with van der Waals surface area (Å²) in [6.45, 7) is 4.22. The lowest BCUT2D eigenvalue weighted by Gasteiger charge is -2.22. The van der Waals surface area contributed by atoms with Crippen LogP contribution in [0.15, 0.2) is 18.5 Å². The molecule has 0 radical (unpaired) electrons. The van der Waals surface area contributed by atoms with Gasteiger partial charge in [0.1, 0.15) is 11.3 Å². The van der Waals surface area contributed by atoms with Crippen molar-refractivity contribution in [3.05, 3.63) is 29.0 Å². The fourth-order valence-electron chi connectivity index (χ4n) is 2.97. The highest BCUT2D eigenvalue weighted by Crippen LogP contribution is 2.19. The van der Waals surface area contributed by atoms with Crippen LogP contribution in [0, 0.1) is 0 Å². The van der Waals surface area contributed by atoms with E-state index in [0.29, 0.717) is 30.7 Å². The lowest BCUT2D eigenvalue weighted by molar-refractivity contribution is 0.0390. The fraction of sp³-hybridized carbons (Fsp3) is 0.444. The summed E-state index contributed by atoms with van der Waals surface area (Å²) in [6.07, 6.45) is 10.1. The van der Waals surface area contributed by atoms with Crippen LogP contribution in [0.25, 0.3) is 22.9 Å². The Bertz CT molecular complexity index is 909. The number of aliphatic hydroxyl groups is 1. The van der Waals surface area contributed by atoms with Gasteiger partial charge in [0.2, 0.25) is 0 Å². The monoisotopic (exact) mass is 328 g/mol. The highest BCUT2D eigenvalue weighted by atomic mass is 16.5. The molecule has 2 heterocycles. The van der Waals surface area contributed by atoms with E-state index in [1.807, 2.05) is 24.5 Å². The van der Waals surface area contributed by atoms with Gasteiger partial charge in [0, 0.05) is 6.42 Å². The number of nitrogens with zero attached hydrogens (tertiary/aromatic N) is 3. The molecule has 1 atom stereocenters. The molecule has 24 heavy (non-hydrogen) atoms. The van der Waals surface area contributed by atoms with Crippen molar-refractivity contribution >= 4 is 28.7 Å². The van der Waals surface area contributed by atoms with Crippen molar-refractivity contribution in [2.75, 3.05) is 12.8 Å². The van der Waals surface area contributed by atoms with Crippen molar-refractivity contribution in [1.29, 1.82) is 0 Å². The number of ether oxygens (including phenoxy) is 1. The summed E-state index contributed by atoms with van der Waals surface area (Å²) >= 11 is 0. The summed E-state index contributed by atoms with van der Waals surface area (Å²) in [5.41, 5.74) is 6.82. The van der Waals surface area contributed by atoms with Crippen molar-refractivity contribution in [3.63, 3.8) is 0 Å². The molecule has 3 rings (SSSR count). The number of hydrogen-bond acceptors (Lipinski definition) is 5. The molecule has 3 N–H and O–H groups in total. The number of pyridine rings is 1. The SMILES string of the molecule is CCC(C)(O)Cn1cnc2c(N)nc3/c(c21)=C(/OC)C/C=C\C/C=3. The molecular formula is C18H24N4O2. The standard InChI is InChI=1S/C18H24N4O2/c1-4-18(2,23)10-22-11-20-15-16(22)14-12(21-17(15)19)8-6-5-7-9-13(14)24-3/h5,7-8,11,23H,4,6,9-10H2,1-3H3,(H2,19,21)/b7-5-,12-8-,14-13-. The number of fused-ring (bicyclic) bond motifs is 3. The smallest absolute Gasteiger partial charge is 0.152 e. The molecule has 0 fully saturated rings. The van der Waals surface area contributed by atoms with E-state index < -0.39 is 5.60 Å². The second-order valence-electron chi connectivity index (χ2n) is 6.42. The van der Waals surface area contributed by atoms with Gasteiger partial charge >= 0.3 is 0 Å². The lowest BCUT2D eigenvalue weighted by atomic mass is 10.0. The van der Waals surface area contributed by atoms with E-state index in [1.165, 1.54) is 0 Å². The third kappa shape index (κ3) is 2.89. The predicted molar refractivity (Wildman–Crippen MR) is 95.4 cm³/mol. The highest BCUT2D eigenvalue weighted by molar-refractivity contribution is 5.86. The van der Waals surface area contributed by atoms with Crippen LogP contribution < -0.4 is 16.3 Å². The number of rotatable bonds is 4. The number of methoxy groups -OCH3 is 1. The maximum Gasteiger partial charge on any atom is 0.152 e. The zero-order chi connectivity index (χ0) is 17.3. The van der Waals surface area contributed by atoms with Gasteiger partial charge in [-0.15, -0.1) is 0 Å². The van der Waals surface area contributed by atoms with Crippen molar-refractivity contribution in [3.8, 4) is 0 Å². The Hall–Kier alpha value is -2.34. The maximum absolute atomic E-state index is 10.5. The van der Waals surface area contributed by atoms with Gasteiger partial charge in [-0.2, -0.15) is 0 Å². The normalized spacial score (nSPS) is 21.9. The molecule has 6 heteroatoms. The van der Waals surface area contributed by atoms with Gasteiger partial charge in [-0.05, 0) is 19.8 Å². The van der Waals surface area contributed by atoms with Crippen LogP contribution in [0.5, 0.6) is 0 Å². The Morgan fingerprint density at radius 3 is 2.92 bits per heavy atom. The van der Waals surface area contributed by atoms with Crippen LogP contribution in [0.3, 0.4) is 0 Å². The van der Waals surface area contributed by atoms with E-state index in [4.69, 9.17) is 10.5 Å². The van der Waals surface area contributed by atoms with Gasteiger partial charge in [-0.1, -0.05) is 25.2 Å². The molecule has 2 aromatic rings. The summed E-state index contributed by atoms with van der Waals surface area (Å²) in [7, 11) is 1.67. The van der Waals surface area contributed by atoms with Crippen molar-refractivity contribution < 1.29 is 9.84 Å². The Kier molecular flexibility index (Phi) is 4.32. The largest absolute Gasteiger partial charge is 0.500 e. The third-order valence-corrected chi connectivity index (χ3v) is 4.53. The molecule has 1 unspecified atom stereocenters. The number of imidazole rings is 1. The third-order valence-electron chi connectivity index (χ3n) is 4.53. The number of aromatic nitrogens is 3. The highest BCUT2D eigenvalue weighted by Gasteiger charge is 2.21. The molecule has 0 saturated carbocycles. The number of anilines is 1. The summed E-state index contributed by atoms with van der Waals surface area (Å²) in [6, 6.07) is 0. The van der Waals surface area contributed by atoms with E-state index in [-0.39, 0.29) is 0 Å². The quantitative estimate of drug-likeness (QED) is 0.820. The first-order chi connectivity index (χ1) is 11.5. The topological polar surface area (TPSA) is 86.2 Å². The second-order valence-corrected chi connectivity index (χ2v) is 6.42. The van der Waals surface area contributed by atoms with Crippen molar-refractivity contribution in [2.45, 2.75) is 45.3 Å². The summed E-state index contributed by atoms with van der Waals surface area (Å²) in [5.74, 6) is 1.22. The number of nitrogen functional groups attached to an aromatic ring is 1. The molecule has 128 valence electrons. The van der Waals surface area contributed by atoms with E-state index in [1.54, 1.807) is 13.4 Å².